The van der Waals surface area contributed by atoms with Gasteiger partial charge in [0.15, 0.2) is 5.71 Å². The molecule has 84 valence electrons. The Morgan fingerprint density at radius 2 is 2.00 bits per heavy atom. The van der Waals surface area contributed by atoms with Gasteiger partial charge in [0.2, 0.25) is 5.69 Å². The molecule has 16 heavy (non-hydrogen) atoms. The molecule has 0 amide bonds. The standard InChI is InChI=1S/C14H18NO/c1-5-16-11(3)14-10(2)15(4)13-9-7-6-8-12(13)14/h6-9H,5H2,1-4H3/q+1/b14-11-. The van der Waals surface area contributed by atoms with Gasteiger partial charge in [-0.1, -0.05) is 12.1 Å². The van der Waals surface area contributed by atoms with E-state index in [1.807, 2.05) is 13.8 Å². The fourth-order valence-electron chi connectivity index (χ4n) is 2.25. The van der Waals surface area contributed by atoms with E-state index in [4.69, 9.17) is 4.74 Å². The zero-order valence-corrected chi connectivity index (χ0v) is 10.4. The van der Waals surface area contributed by atoms with E-state index in [1.165, 1.54) is 22.5 Å². The monoisotopic (exact) mass is 216 g/mol. The van der Waals surface area contributed by atoms with Crippen LogP contribution in [0.1, 0.15) is 26.3 Å². The van der Waals surface area contributed by atoms with E-state index in [9.17, 15) is 0 Å². The number of ether oxygens (including phenoxy) is 1. The van der Waals surface area contributed by atoms with Crippen molar-refractivity contribution in [2.75, 3.05) is 13.7 Å². The van der Waals surface area contributed by atoms with Gasteiger partial charge in [0.05, 0.1) is 17.7 Å². The summed E-state index contributed by atoms with van der Waals surface area (Å²) in [5.74, 6) is 1.01. The van der Waals surface area contributed by atoms with E-state index in [0.29, 0.717) is 6.61 Å². The molecule has 0 aromatic heterocycles. The van der Waals surface area contributed by atoms with E-state index in [1.54, 1.807) is 0 Å². The van der Waals surface area contributed by atoms with Gasteiger partial charge in [0.25, 0.3) is 0 Å². The molecule has 2 nitrogen and oxygen atoms in total. The molecular weight excluding hydrogens is 198 g/mol. The van der Waals surface area contributed by atoms with Crippen molar-refractivity contribution in [3.63, 3.8) is 0 Å². The Kier molecular flexibility index (Phi) is 2.82. The van der Waals surface area contributed by atoms with E-state index in [0.717, 1.165) is 5.76 Å². The molecule has 0 aliphatic carbocycles. The summed E-state index contributed by atoms with van der Waals surface area (Å²) in [6.07, 6.45) is 0. The topological polar surface area (TPSA) is 12.2 Å². The Hall–Kier alpha value is -1.57. The Bertz CT molecular complexity index is 483. The number of hydrogen-bond donors (Lipinski definition) is 0. The number of hydrogen-bond acceptors (Lipinski definition) is 1. The summed E-state index contributed by atoms with van der Waals surface area (Å²) in [5.41, 5.74) is 5.02. The molecule has 1 aromatic carbocycles. The van der Waals surface area contributed by atoms with Gasteiger partial charge in [-0.25, -0.2) is 0 Å². The predicted octanol–water partition coefficient (Wildman–Crippen LogP) is 3.20. The molecule has 0 saturated carbocycles. The molecule has 0 atom stereocenters. The summed E-state index contributed by atoms with van der Waals surface area (Å²) in [7, 11) is 2.10. The number of fused-ring (bicyclic) bond motifs is 1. The Morgan fingerprint density at radius 1 is 1.31 bits per heavy atom. The van der Waals surface area contributed by atoms with Crippen molar-refractivity contribution in [2.24, 2.45) is 0 Å². The molecule has 1 aromatic rings. The van der Waals surface area contributed by atoms with Crippen LogP contribution in [-0.2, 0) is 4.74 Å². The minimum Gasteiger partial charge on any atom is -0.498 e. The lowest BCUT2D eigenvalue weighted by Gasteiger charge is -2.05. The summed E-state index contributed by atoms with van der Waals surface area (Å²) >= 11 is 0. The minimum absolute atomic E-state index is 0.717. The highest BCUT2D eigenvalue weighted by molar-refractivity contribution is 6.24. The average Bonchev–Trinajstić information content (AvgIpc) is 2.53. The van der Waals surface area contributed by atoms with Gasteiger partial charge < -0.3 is 4.74 Å². The first-order valence-corrected chi connectivity index (χ1v) is 5.67. The highest BCUT2D eigenvalue weighted by Gasteiger charge is 2.30. The van der Waals surface area contributed by atoms with Gasteiger partial charge in [-0.3, -0.25) is 0 Å². The maximum Gasteiger partial charge on any atom is 0.213 e. The van der Waals surface area contributed by atoms with Crippen LogP contribution < -0.4 is 0 Å². The van der Waals surface area contributed by atoms with Crippen molar-refractivity contribution in [2.45, 2.75) is 20.8 Å². The normalized spacial score (nSPS) is 17.5. The summed E-state index contributed by atoms with van der Waals surface area (Å²) in [6.45, 7) is 6.91. The largest absolute Gasteiger partial charge is 0.498 e. The van der Waals surface area contributed by atoms with Gasteiger partial charge in [-0.2, -0.15) is 4.58 Å². The fourth-order valence-corrected chi connectivity index (χ4v) is 2.25. The second-order valence-corrected chi connectivity index (χ2v) is 4.03. The summed E-state index contributed by atoms with van der Waals surface area (Å²) < 4.78 is 7.85. The third-order valence-electron chi connectivity index (χ3n) is 3.11. The lowest BCUT2D eigenvalue weighted by Crippen LogP contribution is -2.05. The first kappa shape index (κ1) is 10.9. The molecule has 2 heteroatoms. The SMILES string of the molecule is CCO/C(C)=C1/C(C)=[N+](C)c2ccccc21. The number of para-hydroxylation sites is 1. The first-order valence-electron chi connectivity index (χ1n) is 5.67. The number of allylic oxidation sites excluding steroid dienone is 2. The van der Waals surface area contributed by atoms with Crippen molar-refractivity contribution in [1.82, 2.24) is 0 Å². The Labute approximate surface area is 96.9 Å². The number of benzene rings is 1. The second kappa shape index (κ2) is 4.12. The highest BCUT2D eigenvalue weighted by Crippen LogP contribution is 2.35. The van der Waals surface area contributed by atoms with Crippen molar-refractivity contribution >= 4 is 17.0 Å². The first-order chi connectivity index (χ1) is 7.66. The highest BCUT2D eigenvalue weighted by atomic mass is 16.5. The van der Waals surface area contributed by atoms with Crippen molar-refractivity contribution in [1.29, 1.82) is 0 Å². The van der Waals surface area contributed by atoms with Gasteiger partial charge in [-0.05, 0) is 19.9 Å². The van der Waals surface area contributed by atoms with Crippen LogP contribution in [0.4, 0.5) is 5.69 Å². The summed E-state index contributed by atoms with van der Waals surface area (Å²) in [6, 6.07) is 8.44. The van der Waals surface area contributed by atoms with Gasteiger partial charge >= 0.3 is 0 Å². The smallest absolute Gasteiger partial charge is 0.213 e. The van der Waals surface area contributed by atoms with Crippen LogP contribution in [0, 0.1) is 0 Å². The molecule has 0 saturated heterocycles. The van der Waals surface area contributed by atoms with Crippen molar-refractivity contribution < 1.29 is 9.31 Å². The van der Waals surface area contributed by atoms with Crippen LogP contribution in [0.15, 0.2) is 30.0 Å². The molecule has 0 fully saturated rings. The van der Waals surface area contributed by atoms with Crippen molar-refractivity contribution in [3.05, 3.63) is 35.6 Å². The number of nitrogens with zero attached hydrogens (tertiary/aromatic N) is 1. The maximum absolute atomic E-state index is 5.63. The van der Waals surface area contributed by atoms with Crippen LogP contribution in [0.2, 0.25) is 0 Å². The molecule has 0 N–H and O–H groups in total. The van der Waals surface area contributed by atoms with Gasteiger partial charge in [0, 0.05) is 13.0 Å². The molecule has 0 radical (unpaired) electrons. The molecule has 0 spiro atoms. The summed E-state index contributed by atoms with van der Waals surface area (Å²) in [5, 5.41) is 0. The van der Waals surface area contributed by atoms with E-state index >= 15 is 0 Å². The van der Waals surface area contributed by atoms with Crippen LogP contribution in [0.3, 0.4) is 0 Å². The zero-order chi connectivity index (χ0) is 11.7. The lowest BCUT2D eigenvalue weighted by atomic mass is 10.0. The Morgan fingerprint density at radius 3 is 2.69 bits per heavy atom. The second-order valence-electron chi connectivity index (χ2n) is 4.03. The third kappa shape index (κ3) is 1.54. The number of rotatable bonds is 2. The fraction of sp³-hybridized carbons (Fsp3) is 0.357. The molecule has 1 aliphatic rings. The van der Waals surface area contributed by atoms with Gasteiger partial charge in [0.1, 0.15) is 12.8 Å². The Balaban J connectivity index is 2.62. The van der Waals surface area contributed by atoms with Crippen molar-refractivity contribution in [3.8, 4) is 0 Å². The predicted molar refractivity (Wildman–Crippen MR) is 67.2 cm³/mol. The third-order valence-corrected chi connectivity index (χ3v) is 3.11. The van der Waals surface area contributed by atoms with E-state index in [-0.39, 0.29) is 0 Å². The molecule has 0 bridgehead atoms. The molecule has 1 heterocycles. The van der Waals surface area contributed by atoms with Crippen LogP contribution in [0.25, 0.3) is 5.57 Å². The van der Waals surface area contributed by atoms with Crippen LogP contribution >= 0.6 is 0 Å². The molecular formula is C14H18NO+. The summed E-state index contributed by atoms with van der Waals surface area (Å²) in [4.78, 5) is 0. The zero-order valence-electron chi connectivity index (χ0n) is 10.4. The lowest BCUT2D eigenvalue weighted by molar-refractivity contribution is -0.401. The van der Waals surface area contributed by atoms with E-state index in [2.05, 4.69) is 42.8 Å². The van der Waals surface area contributed by atoms with Crippen LogP contribution in [-0.4, -0.2) is 23.9 Å². The van der Waals surface area contributed by atoms with Crippen LogP contribution in [0.5, 0.6) is 0 Å². The molecule has 0 unspecified atom stereocenters. The van der Waals surface area contributed by atoms with Gasteiger partial charge in [-0.15, -0.1) is 0 Å². The average molecular weight is 216 g/mol. The maximum atomic E-state index is 5.63. The molecule has 2 rings (SSSR count). The quantitative estimate of drug-likeness (QED) is 0.546. The van der Waals surface area contributed by atoms with E-state index < -0.39 is 0 Å². The molecule has 1 aliphatic heterocycles. The minimum atomic E-state index is 0.717.